The van der Waals surface area contributed by atoms with Gasteiger partial charge >= 0.3 is 0 Å². The minimum absolute atomic E-state index is 0.667. The maximum atomic E-state index is 5.36. The minimum Gasteiger partial charge on any atom is -0.496 e. The Bertz CT molecular complexity index is 460. The number of ether oxygens (including phenoxy) is 3. The standard InChI is InChI=1S/C15H21NO3/c1-5-6-7-8-16-11-12-9-14(18-3)15(19-4)10-13(12)17-2/h9-10,16H,7-8,11H2,1-4H3. The zero-order chi connectivity index (χ0) is 14.1. The van der Waals surface area contributed by atoms with Gasteiger partial charge in [0.2, 0.25) is 0 Å². The predicted octanol–water partition coefficient (Wildman–Crippen LogP) is 2.22. The van der Waals surface area contributed by atoms with Gasteiger partial charge in [-0.2, -0.15) is 0 Å². The molecule has 0 aliphatic rings. The molecule has 0 aliphatic heterocycles. The van der Waals surface area contributed by atoms with Crippen LogP contribution < -0.4 is 19.5 Å². The van der Waals surface area contributed by atoms with Crippen molar-refractivity contribution in [3.05, 3.63) is 17.7 Å². The molecule has 1 rings (SSSR count). The molecule has 1 N–H and O–H groups in total. The van der Waals surface area contributed by atoms with E-state index in [0.29, 0.717) is 18.0 Å². The Kier molecular flexibility index (Phi) is 6.62. The highest BCUT2D eigenvalue weighted by Gasteiger charge is 2.11. The molecule has 19 heavy (non-hydrogen) atoms. The third-order valence-electron chi connectivity index (χ3n) is 2.71. The van der Waals surface area contributed by atoms with Crippen LogP contribution in [-0.4, -0.2) is 27.9 Å². The maximum absolute atomic E-state index is 5.36. The smallest absolute Gasteiger partial charge is 0.164 e. The first-order valence-corrected chi connectivity index (χ1v) is 6.16. The number of nitrogens with one attached hydrogen (secondary N) is 1. The largest absolute Gasteiger partial charge is 0.496 e. The summed E-state index contributed by atoms with van der Waals surface area (Å²) in [6, 6.07) is 3.76. The Morgan fingerprint density at radius 2 is 1.63 bits per heavy atom. The van der Waals surface area contributed by atoms with Gasteiger partial charge in [-0.3, -0.25) is 0 Å². The molecule has 1 aromatic rings. The molecular weight excluding hydrogens is 242 g/mol. The van der Waals surface area contributed by atoms with Gasteiger partial charge in [0.25, 0.3) is 0 Å². The molecule has 0 unspecified atom stereocenters. The van der Waals surface area contributed by atoms with E-state index in [0.717, 1.165) is 24.3 Å². The van der Waals surface area contributed by atoms with Crippen molar-refractivity contribution in [3.8, 4) is 29.1 Å². The van der Waals surface area contributed by atoms with Crippen LogP contribution in [0.15, 0.2) is 12.1 Å². The van der Waals surface area contributed by atoms with Crippen molar-refractivity contribution in [1.29, 1.82) is 0 Å². The zero-order valence-electron chi connectivity index (χ0n) is 12.0. The fourth-order valence-corrected chi connectivity index (χ4v) is 1.73. The third-order valence-corrected chi connectivity index (χ3v) is 2.71. The monoisotopic (exact) mass is 263 g/mol. The van der Waals surface area contributed by atoms with E-state index in [1.165, 1.54) is 0 Å². The fourth-order valence-electron chi connectivity index (χ4n) is 1.73. The van der Waals surface area contributed by atoms with Crippen molar-refractivity contribution < 1.29 is 14.2 Å². The second-order valence-electron chi connectivity index (χ2n) is 3.87. The summed E-state index contributed by atoms with van der Waals surface area (Å²) in [5.74, 6) is 8.04. The molecule has 0 spiro atoms. The summed E-state index contributed by atoms with van der Waals surface area (Å²) < 4.78 is 15.9. The SMILES string of the molecule is CC#CCCNCc1cc(OC)c(OC)cc1OC. The fraction of sp³-hybridized carbons (Fsp3) is 0.467. The highest BCUT2D eigenvalue weighted by atomic mass is 16.5. The lowest BCUT2D eigenvalue weighted by Crippen LogP contribution is -2.15. The lowest BCUT2D eigenvalue weighted by molar-refractivity contribution is 0.347. The summed E-state index contributed by atoms with van der Waals surface area (Å²) in [7, 11) is 4.88. The van der Waals surface area contributed by atoms with Crippen LogP contribution in [0.25, 0.3) is 0 Å². The Balaban J connectivity index is 2.76. The second-order valence-corrected chi connectivity index (χ2v) is 3.87. The molecule has 1 aromatic carbocycles. The Morgan fingerprint density at radius 3 is 2.21 bits per heavy atom. The number of hydrogen-bond donors (Lipinski definition) is 1. The van der Waals surface area contributed by atoms with Gasteiger partial charge in [0.1, 0.15) is 5.75 Å². The summed E-state index contributed by atoms with van der Waals surface area (Å²) in [4.78, 5) is 0. The highest BCUT2D eigenvalue weighted by Crippen LogP contribution is 2.34. The van der Waals surface area contributed by atoms with E-state index < -0.39 is 0 Å². The zero-order valence-corrected chi connectivity index (χ0v) is 12.0. The topological polar surface area (TPSA) is 39.7 Å². The molecular formula is C15H21NO3. The quantitative estimate of drug-likeness (QED) is 0.605. The molecule has 0 heterocycles. The van der Waals surface area contributed by atoms with Crippen LogP contribution >= 0.6 is 0 Å². The Labute approximate surface area is 115 Å². The van der Waals surface area contributed by atoms with Gasteiger partial charge in [-0.15, -0.1) is 11.8 Å². The third kappa shape index (κ3) is 4.38. The van der Waals surface area contributed by atoms with Crippen molar-refractivity contribution in [2.75, 3.05) is 27.9 Å². The normalized spacial score (nSPS) is 9.47. The first kappa shape index (κ1) is 15.2. The molecule has 4 heteroatoms. The average molecular weight is 263 g/mol. The van der Waals surface area contributed by atoms with Gasteiger partial charge in [0.05, 0.1) is 21.3 Å². The lowest BCUT2D eigenvalue weighted by atomic mass is 10.1. The van der Waals surface area contributed by atoms with E-state index in [-0.39, 0.29) is 0 Å². The maximum Gasteiger partial charge on any atom is 0.164 e. The number of methoxy groups -OCH3 is 3. The average Bonchev–Trinajstić information content (AvgIpc) is 2.46. The first-order valence-electron chi connectivity index (χ1n) is 6.16. The molecule has 0 atom stereocenters. The van der Waals surface area contributed by atoms with Gasteiger partial charge in [-0.1, -0.05) is 0 Å². The molecule has 0 saturated heterocycles. The Morgan fingerprint density at radius 1 is 1.00 bits per heavy atom. The summed E-state index contributed by atoms with van der Waals surface area (Å²) >= 11 is 0. The van der Waals surface area contributed by atoms with E-state index >= 15 is 0 Å². The molecule has 0 aliphatic carbocycles. The van der Waals surface area contributed by atoms with Crippen LogP contribution in [0.5, 0.6) is 17.2 Å². The van der Waals surface area contributed by atoms with E-state index in [1.54, 1.807) is 21.3 Å². The van der Waals surface area contributed by atoms with Crippen molar-refractivity contribution in [1.82, 2.24) is 5.32 Å². The summed E-state index contributed by atoms with van der Waals surface area (Å²) in [5, 5.41) is 3.32. The van der Waals surface area contributed by atoms with Crippen molar-refractivity contribution in [2.45, 2.75) is 19.9 Å². The van der Waals surface area contributed by atoms with Crippen LogP contribution in [0.4, 0.5) is 0 Å². The second kappa shape index (κ2) is 8.28. The van der Waals surface area contributed by atoms with E-state index in [9.17, 15) is 0 Å². The minimum atomic E-state index is 0.667. The van der Waals surface area contributed by atoms with Crippen LogP contribution in [0.3, 0.4) is 0 Å². The molecule has 0 amide bonds. The van der Waals surface area contributed by atoms with Crippen molar-refractivity contribution >= 4 is 0 Å². The number of hydrogen-bond acceptors (Lipinski definition) is 4. The van der Waals surface area contributed by atoms with Gasteiger partial charge in [0.15, 0.2) is 11.5 Å². The van der Waals surface area contributed by atoms with E-state index in [4.69, 9.17) is 14.2 Å². The van der Waals surface area contributed by atoms with Gasteiger partial charge in [-0.05, 0) is 13.0 Å². The van der Waals surface area contributed by atoms with Crippen LogP contribution in [0.1, 0.15) is 18.9 Å². The molecule has 0 bridgehead atoms. The Hall–Kier alpha value is -1.86. The molecule has 0 saturated carbocycles. The lowest BCUT2D eigenvalue weighted by Gasteiger charge is -2.14. The highest BCUT2D eigenvalue weighted by molar-refractivity contribution is 5.50. The van der Waals surface area contributed by atoms with Crippen molar-refractivity contribution in [2.24, 2.45) is 0 Å². The predicted molar refractivity (Wildman–Crippen MR) is 75.9 cm³/mol. The van der Waals surface area contributed by atoms with E-state index in [1.807, 2.05) is 19.1 Å². The van der Waals surface area contributed by atoms with Gasteiger partial charge in [-0.25, -0.2) is 0 Å². The van der Waals surface area contributed by atoms with Crippen LogP contribution in [0, 0.1) is 11.8 Å². The summed E-state index contributed by atoms with van der Waals surface area (Å²) in [6.45, 7) is 3.39. The molecule has 104 valence electrons. The number of rotatable bonds is 7. The molecule has 0 aromatic heterocycles. The van der Waals surface area contributed by atoms with E-state index in [2.05, 4.69) is 17.2 Å². The van der Waals surface area contributed by atoms with Crippen LogP contribution in [-0.2, 0) is 6.54 Å². The van der Waals surface area contributed by atoms with Crippen LogP contribution in [0.2, 0.25) is 0 Å². The summed E-state index contributed by atoms with van der Waals surface area (Å²) in [5.41, 5.74) is 1.03. The van der Waals surface area contributed by atoms with Gasteiger partial charge < -0.3 is 19.5 Å². The summed E-state index contributed by atoms with van der Waals surface area (Å²) in [6.07, 6.45) is 0.839. The first-order chi connectivity index (χ1) is 9.26. The molecule has 0 radical (unpaired) electrons. The molecule has 4 nitrogen and oxygen atoms in total. The van der Waals surface area contributed by atoms with Gasteiger partial charge in [0, 0.05) is 31.1 Å². The van der Waals surface area contributed by atoms with Crippen molar-refractivity contribution in [3.63, 3.8) is 0 Å². The molecule has 0 fully saturated rings. The number of benzene rings is 1.